The van der Waals surface area contributed by atoms with Gasteiger partial charge >= 0.3 is 12.3 Å². The van der Waals surface area contributed by atoms with Gasteiger partial charge in [-0.25, -0.2) is 13.9 Å². The van der Waals surface area contributed by atoms with Gasteiger partial charge in [-0.2, -0.15) is 23.0 Å². The molecule has 0 saturated carbocycles. The van der Waals surface area contributed by atoms with Crippen LogP contribution in [0, 0.1) is 5.82 Å². The van der Waals surface area contributed by atoms with Crippen molar-refractivity contribution >= 4 is 12.0 Å². The highest BCUT2D eigenvalue weighted by atomic mass is 19.4. The Morgan fingerprint density at radius 3 is 2.49 bits per heavy atom. The Kier molecular flexibility index (Phi) is 8.16. The monoisotopic (exact) mass is 628 g/mol. The Morgan fingerprint density at radius 2 is 1.80 bits per heavy atom. The number of hydrogen-bond acceptors (Lipinski definition) is 8. The minimum atomic E-state index is -4.91. The normalized spacial score (nSPS) is 14.5. The maximum atomic E-state index is 14.6. The lowest BCUT2D eigenvalue weighted by Gasteiger charge is -2.39. The minimum absolute atomic E-state index is 0.185. The molecule has 16 heteroatoms. The molecule has 0 bridgehead atoms. The highest BCUT2D eigenvalue weighted by Gasteiger charge is 2.37. The second kappa shape index (κ2) is 11.7. The number of amides is 2. The number of nitrogens with zero attached hydrogens (tertiary/aromatic N) is 7. The van der Waals surface area contributed by atoms with E-state index in [9.17, 15) is 31.9 Å². The predicted molar refractivity (Wildman–Crippen MR) is 151 cm³/mol. The van der Waals surface area contributed by atoms with Crippen molar-refractivity contribution in [1.82, 2.24) is 40.0 Å². The van der Waals surface area contributed by atoms with E-state index < -0.39 is 46.8 Å². The van der Waals surface area contributed by atoms with Gasteiger partial charge in [0.25, 0.3) is 11.5 Å². The second-order valence-electron chi connectivity index (χ2n) is 11.4. The molecule has 1 saturated heterocycles. The first-order valence-electron chi connectivity index (χ1n) is 13.7. The van der Waals surface area contributed by atoms with Crippen LogP contribution in [0.15, 0.2) is 59.8 Å². The summed E-state index contributed by atoms with van der Waals surface area (Å²) in [5.41, 5.74) is -2.02. The molecule has 0 aliphatic carbocycles. The predicted octanol–water partition coefficient (Wildman–Crippen LogP) is 4.33. The summed E-state index contributed by atoms with van der Waals surface area (Å²) in [4.78, 5) is 43.8. The van der Waals surface area contributed by atoms with E-state index in [0.717, 1.165) is 28.9 Å². The van der Waals surface area contributed by atoms with Crippen molar-refractivity contribution in [1.29, 1.82) is 0 Å². The third-order valence-corrected chi connectivity index (χ3v) is 6.88. The first kappa shape index (κ1) is 31.3. The van der Waals surface area contributed by atoms with Crippen molar-refractivity contribution in [2.45, 2.75) is 51.6 Å². The van der Waals surface area contributed by atoms with Crippen LogP contribution >= 0.6 is 0 Å². The van der Waals surface area contributed by atoms with E-state index in [-0.39, 0.29) is 23.0 Å². The van der Waals surface area contributed by atoms with Crippen LogP contribution < -0.4 is 10.9 Å². The molecule has 3 aromatic heterocycles. The molecule has 236 valence electrons. The second-order valence-corrected chi connectivity index (χ2v) is 11.4. The number of benzene rings is 1. The molecule has 1 N–H and O–H groups in total. The zero-order chi connectivity index (χ0) is 32.7. The average molecular weight is 629 g/mol. The van der Waals surface area contributed by atoms with Gasteiger partial charge in [0.15, 0.2) is 0 Å². The Labute approximate surface area is 253 Å². The number of aromatic nitrogens is 6. The zero-order valence-corrected chi connectivity index (χ0v) is 24.5. The van der Waals surface area contributed by atoms with Crippen LogP contribution in [-0.4, -0.2) is 65.3 Å². The maximum absolute atomic E-state index is 14.6. The molecule has 0 unspecified atom stereocenters. The summed E-state index contributed by atoms with van der Waals surface area (Å²) >= 11 is 0. The Hall–Kier alpha value is -5.15. The van der Waals surface area contributed by atoms with Gasteiger partial charge in [0.1, 0.15) is 17.1 Å². The van der Waals surface area contributed by atoms with Crippen LogP contribution in [0.4, 0.5) is 22.4 Å². The fourth-order valence-corrected chi connectivity index (χ4v) is 4.66. The van der Waals surface area contributed by atoms with E-state index in [4.69, 9.17) is 4.74 Å². The summed E-state index contributed by atoms with van der Waals surface area (Å²) in [5.74, 6) is -2.34. The molecule has 1 aliphatic rings. The molecule has 5 rings (SSSR count). The number of nitrogens with one attached hydrogen (secondary N) is 1. The van der Waals surface area contributed by atoms with Crippen LogP contribution in [0.5, 0.6) is 0 Å². The smallest absolute Gasteiger partial charge is 0.419 e. The lowest BCUT2D eigenvalue weighted by atomic mass is 10.0. The number of likely N-dealkylation sites (tertiary alicyclic amines) is 1. The number of halogens is 4. The molecular weight excluding hydrogens is 600 g/mol. The van der Waals surface area contributed by atoms with Gasteiger partial charge < -0.3 is 15.0 Å². The largest absolute Gasteiger partial charge is 0.444 e. The molecule has 45 heavy (non-hydrogen) atoms. The Bertz CT molecular complexity index is 1810. The molecular formula is C29H28F4N8O4. The molecule has 12 nitrogen and oxygen atoms in total. The summed E-state index contributed by atoms with van der Waals surface area (Å²) in [5, 5.41) is 14.7. The summed E-state index contributed by atoms with van der Waals surface area (Å²) in [7, 11) is 0. The lowest BCUT2D eigenvalue weighted by Crippen LogP contribution is -2.52. The summed E-state index contributed by atoms with van der Waals surface area (Å²) in [6.07, 6.45) is -0.966. The van der Waals surface area contributed by atoms with Gasteiger partial charge in [-0.1, -0.05) is 17.3 Å². The van der Waals surface area contributed by atoms with Gasteiger partial charge in [-0.3, -0.25) is 14.6 Å². The van der Waals surface area contributed by atoms with E-state index in [0.29, 0.717) is 30.4 Å². The number of hydrogen-bond donors (Lipinski definition) is 1. The quantitative estimate of drug-likeness (QED) is 0.312. The highest BCUT2D eigenvalue weighted by Crippen LogP contribution is 2.34. The van der Waals surface area contributed by atoms with Gasteiger partial charge in [-0.15, -0.1) is 5.10 Å². The molecule has 1 atom stereocenters. The van der Waals surface area contributed by atoms with Crippen molar-refractivity contribution in [3.05, 3.63) is 88.0 Å². The van der Waals surface area contributed by atoms with E-state index in [2.05, 4.69) is 25.7 Å². The fraction of sp³-hybridized carbons (Fsp3) is 0.345. The maximum Gasteiger partial charge on any atom is 0.419 e. The number of pyridine rings is 1. The first-order chi connectivity index (χ1) is 21.1. The van der Waals surface area contributed by atoms with Crippen LogP contribution in [-0.2, 0) is 10.9 Å². The van der Waals surface area contributed by atoms with Crippen LogP contribution in [0.2, 0.25) is 0 Å². The molecule has 4 aromatic rings. The van der Waals surface area contributed by atoms with E-state index in [1.54, 1.807) is 36.4 Å². The minimum Gasteiger partial charge on any atom is -0.444 e. The van der Waals surface area contributed by atoms with E-state index >= 15 is 0 Å². The Morgan fingerprint density at radius 1 is 1.07 bits per heavy atom. The molecule has 2 amide bonds. The van der Waals surface area contributed by atoms with Crippen molar-refractivity contribution < 1.29 is 31.9 Å². The fourth-order valence-electron chi connectivity index (χ4n) is 4.66. The standard InChI is InChI=1S/C29H28F4N8O4/c1-16(20-6-5-7-21(25(20)30)29(31,32)33)36-26(43)22-8-9-24(42)41(37-22)18-10-17(11-34-12-18)23-13-35-38-40(23)19-14-39(15-19)27(44)45-28(2,3)4/h5-13,16,19H,14-15H2,1-4H3,(H,36,43)/t16-/m1/s1. The molecule has 1 aromatic carbocycles. The summed E-state index contributed by atoms with van der Waals surface area (Å²) < 4.78 is 62.0. The number of ether oxygens (including phenoxy) is 1. The van der Waals surface area contributed by atoms with Crippen LogP contribution in [0.1, 0.15) is 61.4 Å². The zero-order valence-electron chi connectivity index (χ0n) is 24.5. The first-order valence-corrected chi connectivity index (χ1v) is 13.7. The summed E-state index contributed by atoms with van der Waals surface area (Å²) in [6.45, 7) is 7.36. The van der Waals surface area contributed by atoms with E-state index in [1.807, 2.05) is 0 Å². The molecule has 4 heterocycles. The molecule has 1 fully saturated rings. The van der Waals surface area contributed by atoms with Crippen molar-refractivity contribution in [2.24, 2.45) is 0 Å². The van der Waals surface area contributed by atoms with Gasteiger partial charge in [-0.05, 0) is 45.9 Å². The number of carbonyl (C=O) groups excluding carboxylic acids is 2. The summed E-state index contributed by atoms with van der Waals surface area (Å²) in [6, 6.07) is 5.28. The average Bonchev–Trinajstić information content (AvgIpc) is 3.40. The van der Waals surface area contributed by atoms with Gasteiger partial charge in [0, 0.05) is 36.5 Å². The molecule has 1 aliphatic heterocycles. The third kappa shape index (κ3) is 6.68. The van der Waals surface area contributed by atoms with Crippen molar-refractivity contribution in [3.63, 3.8) is 0 Å². The van der Waals surface area contributed by atoms with Gasteiger partial charge in [0.2, 0.25) is 0 Å². The lowest BCUT2D eigenvalue weighted by molar-refractivity contribution is -0.140. The van der Waals surface area contributed by atoms with E-state index in [1.165, 1.54) is 25.5 Å². The van der Waals surface area contributed by atoms with Gasteiger partial charge in [0.05, 0.1) is 41.4 Å². The number of carbonyl (C=O) groups is 2. The van der Waals surface area contributed by atoms with Crippen LogP contribution in [0.3, 0.4) is 0 Å². The van der Waals surface area contributed by atoms with Crippen LogP contribution in [0.25, 0.3) is 16.9 Å². The SMILES string of the molecule is C[C@@H](NC(=O)c1ccc(=O)n(-c2cncc(-c3cnnn3C3CN(C(=O)OC(C)(C)C)C3)c2)n1)c1cccc(C(F)(F)F)c1F. The molecule has 0 spiro atoms. The van der Waals surface area contributed by atoms with Crippen molar-refractivity contribution in [2.75, 3.05) is 13.1 Å². The van der Waals surface area contributed by atoms with Crippen molar-refractivity contribution in [3.8, 4) is 16.9 Å². The topological polar surface area (TPSA) is 137 Å². The Balaban J connectivity index is 1.34. The third-order valence-electron chi connectivity index (χ3n) is 6.88. The molecule has 0 radical (unpaired) electrons. The number of alkyl halides is 3. The number of rotatable bonds is 6. The highest BCUT2D eigenvalue weighted by molar-refractivity contribution is 5.92.